The number of carbonyl (C=O) groups is 1. The molecule has 2 heterocycles. The molecule has 0 bridgehead atoms. The monoisotopic (exact) mass is 312 g/mol. The third-order valence-corrected chi connectivity index (χ3v) is 3.67. The number of morpholine rings is 1. The lowest BCUT2D eigenvalue weighted by Crippen LogP contribution is -2.48. The summed E-state index contributed by atoms with van der Waals surface area (Å²) < 4.78 is 11.5. The molecule has 1 aromatic carbocycles. The molecule has 1 aliphatic rings. The summed E-state index contributed by atoms with van der Waals surface area (Å²) in [6, 6.07) is 12.8. The molecular formula is C18H20N2O3. The van der Waals surface area contributed by atoms with Gasteiger partial charge in [0.25, 0.3) is 5.91 Å². The lowest BCUT2D eigenvalue weighted by Gasteiger charge is -2.35. The zero-order chi connectivity index (χ0) is 16.2. The first kappa shape index (κ1) is 15.5. The van der Waals surface area contributed by atoms with Gasteiger partial charge in [-0.1, -0.05) is 18.2 Å². The Labute approximate surface area is 135 Å². The molecule has 5 nitrogen and oxygen atoms in total. The fourth-order valence-corrected chi connectivity index (χ4v) is 2.75. The first-order chi connectivity index (χ1) is 11.1. The van der Waals surface area contributed by atoms with E-state index in [1.807, 2.05) is 44.2 Å². The number of aromatic nitrogens is 1. The van der Waals surface area contributed by atoms with Gasteiger partial charge < -0.3 is 14.4 Å². The molecule has 0 aliphatic carbocycles. The smallest absolute Gasteiger partial charge is 0.259 e. The average molecular weight is 312 g/mol. The highest BCUT2D eigenvalue weighted by Gasteiger charge is 2.28. The maximum Gasteiger partial charge on any atom is 0.259 e. The molecule has 3 rings (SSSR count). The molecule has 0 radical (unpaired) electrons. The second-order valence-electron chi connectivity index (χ2n) is 5.74. The minimum Gasteiger partial charge on any atom is -0.438 e. The topological polar surface area (TPSA) is 51.7 Å². The molecule has 1 aliphatic heterocycles. The highest BCUT2D eigenvalue weighted by molar-refractivity contribution is 5.96. The number of benzene rings is 1. The van der Waals surface area contributed by atoms with Crippen molar-refractivity contribution in [2.24, 2.45) is 0 Å². The van der Waals surface area contributed by atoms with E-state index < -0.39 is 0 Å². The van der Waals surface area contributed by atoms with Crippen LogP contribution in [0.1, 0.15) is 24.2 Å². The Kier molecular flexibility index (Phi) is 4.57. The van der Waals surface area contributed by atoms with E-state index in [0.29, 0.717) is 30.3 Å². The van der Waals surface area contributed by atoms with E-state index in [-0.39, 0.29) is 18.1 Å². The Morgan fingerprint density at radius 3 is 2.52 bits per heavy atom. The van der Waals surface area contributed by atoms with Crippen LogP contribution in [-0.2, 0) is 4.74 Å². The number of hydrogen-bond acceptors (Lipinski definition) is 4. The van der Waals surface area contributed by atoms with Gasteiger partial charge in [-0.2, -0.15) is 0 Å². The minimum atomic E-state index is -0.0777. The molecule has 2 atom stereocenters. The molecule has 0 N–H and O–H groups in total. The number of pyridine rings is 1. The van der Waals surface area contributed by atoms with E-state index >= 15 is 0 Å². The third-order valence-electron chi connectivity index (χ3n) is 3.67. The summed E-state index contributed by atoms with van der Waals surface area (Å²) in [5.74, 6) is 0.908. The molecule has 5 heteroatoms. The molecule has 0 spiro atoms. The Balaban J connectivity index is 1.83. The van der Waals surface area contributed by atoms with Crippen LogP contribution in [0.5, 0.6) is 11.6 Å². The van der Waals surface area contributed by atoms with Gasteiger partial charge in [0.15, 0.2) is 0 Å². The number of hydrogen-bond donors (Lipinski definition) is 0. The zero-order valence-corrected chi connectivity index (χ0v) is 13.3. The fourth-order valence-electron chi connectivity index (χ4n) is 2.75. The van der Waals surface area contributed by atoms with Gasteiger partial charge in [0.05, 0.1) is 12.2 Å². The predicted molar refractivity (Wildman–Crippen MR) is 86.7 cm³/mol. The SMILES string of the molecule is C[C@@H]1CN(C(=O)c2cccnc2Oc2ccccc2)C[C@@H](C)O1. The second kappa shape index (κ2) is 6.79. The molecular weight excluding hydrogens is 292 g/mol. The average Bonchev–Trinajstić information content (AvgIpc) is 2.55. The Morgan fingerprint density at radius 1 is 1.13 bits per heavy atom. The molecule has 1 amide bonds. The van der Waals surface area contributed by atoms with Gasteiger partial charge in [0.1, 0.15) is 11.3 Å². The van der Waals surface area contributed by atoms with Crippen LogP contribution in [0.25, 0.3) is 0 Å². The van der Waals surface area contributed by atoms with Crippen molar-refractivity contribution >= 4 is 5.91 Å². The normalized spacial score (nSPS) is 21.0. The van der Waals surface area contributed by atoms with Crippen LogP contribution >= 0.6 is 0 Å². The lowest BCUT2D eigenvalue weighted by atomic mass is 10.1. The molecule has 120 valence electrons. The van der Waals surface area contributed by atoms with Crippen LogP contribution in [0.4, 0.5) is 0 Å². The van der Waals surface area contributed by atoms with Gasteiger partial charge in [-0.25, -0.2) is 4.98 Å². The summed E-state index contributed by atoms with van der Waals surface area (Å²) in [7, 11) is 0. The molecule has 1 saturated heterocycles. The van der Waals surface area contributed by atoms with Gasteiger partial charge in [0.2, 0.25) is 5.88 Å². The van der Waals surface area contributed by atoms with Crippen LogP contribution in [0.2, 0.25) is 0 Å². The standard InChI is InChI=1S/C18H20N2O3/c1-13-11-20(12-14(2)22-13)18(21)16-9-6-10-19-17(16)23-15-7-4-3-5-8-15/h3-10,13-14H,11-12H2,1-2H3/t13-,14-/m1/s1. The van der Waals surface area contributed by atoms with Crippen LogP contribution in [0.3, 0.4) is 0 Å². The van der Waals surface area contributed by atoms with Gasteiger partial charge >= 0.3 is 0 Å². The number of para-hydroxylation sites is 1. The summed E-state index contributed by atoms with van der Waals surface area (Å²) >= 11 is 0. The van der Waals surface area contributed by atoms with E-state index in [4.69, 9.17) is 9.47 Å². The summed E-state index contributed by atoms with van der Waals surface area (Å²) in [5.41, 5.74) is 0.470. The first-order valence-electron chi connectivity index (χ1n) is 7.76. The summed E-state index contributed by atoms with van der Waals surface area (Å²) in [4.78, 5) is 18.9. The highest BCUT2D eigenvalue weighted by Crippen LogP contribution is 2.24. The van der Waals surface area contributed by atoms with Crippen LogP contribution < -0.4 is 4.74 Å². The highest BCUT2D eigenvalue weighted by atomic mass is 16.5. The molecule has 0 unspecified atom stereocenters. The maximum absolute atomic E-state index is 12.9. The minimum absolute atomic E-state index is 0.0258. The van der Waals surface area contributed by atoms with E-state index in [2.05, 4.69) is 4.98 Å². The fraction of sp³-hybridized carbons (Fsp3) is 0.333. The number of amides is 1. The molecule has 23 heavy (non-hydrogen) atoms. The molecule has 1 aromatic heterocycles. The third kappa shape index (κ3) is 3.68. The van der Waals surface area contributed by atoms with E-state index in [9.17, 15) is 4.79 Å². The number of nitrogens with zero attached hydrogens (tertiary/aromatic N) is 2. The van der Waals surface area contributed by atoms with Crippen molar-refractivity contribution in [1.82, 2.24) is 9.88 Å². The summed E-state index contributed by atoms with van der Waals surface area (Å²) in [6.07, 6.45) is 1.68. The second-order valence-corrected chi connectivity index (χ2v) is 5.74. The predicted octanol–water partition coefficient (Wildman–Crippen LogP) is 3.12. The van der Waals surface area contributed by atoms with Gasteiger partial charge in [-0.15, -0.1) is 0 Å². The van der Waals surface area contributed by atoms with Crippen molar-refractivity contribution in [2.75, 3.05) is 13.1 Å². The maximum atomic E-state index is 12.9. The van der Waals surface area contributed by atoms with Gasteiger partial charge in [0, 0.05) is 19.3 Å². The lowest BCUT2D eigenvalue weighted by molar-refractivity contribution is -0.0586. The quantitative estimate of drug-likeness (QED) is 0.874. The van der Waals surface area contributed by atoms with E-state index in [1.165, 1.54) is 0 Å². The first-order valence-corrected chi connectivity index (χ1v) is 7.76. The number of rotatable bonds is 3. The van der Waals surface area contributed by atoms with Crippen molar-refractivity contribution in [3.8, 4) is 11.6 Å². The van der Waals surface area contributed by atoms with Crippen molar-refractivity contribution in [3.05, 3.63) is 54.2 Å². The van der Waals surface area contributed by atoms with Crippen LogP contribution in [0.15, 0.2) is 48.7 Å². The summed E-state index contributed by atoms with van der Waals surface area (Å²) in [6.45, 7) is 5.09. The van der Waals surface area contributed by atoms with Crippen molar-refractivity contribution in [1.29, 1.82) is 0 Å². The van der Waals surface area contributed by atoms with E-state index in [1.54, 1.807) is 23.2 Å². The van der Waals surface area contributed by atoms with E-state index in [0.717, 1.165) is 0 Å². The number of ether oxygens (including phenoxy) is 2. The zero-order valence-electron chi connectivity index (χ0n) is 13.3. The molecule has 0 saturated carbocycles. The van der Waals surface area contributed by atoms with Crippen molar-refractivity contribution < 1.29 is 14.3 Å². The van der Waals surface area contributed by atoms with Gasteiger partial charge in [-0.3, -0.25) is 4.79 Å². The van der Waals surface area contributed by atoms with Gasteiger partial charge in [-0.05, 0) is 38.1 Å². The van der Waals surface area contributed by atoms with Crippen molar-refractivity contribution in [3.63, 3.8) is 0 Å². The Morgan fingerprint density at radius 2 is 1.83 bits per heavy atom. The van der Waals surface area contributed by atoms with Crippen molar-refractivity contribution in [2.45, 2.75) is 26.1 Å². The molecule has 1 fully saturated rings. The van der Waals surface area contributed by atoms with Crippen LogP contribution in [0, 0.1) is 0 Å². The summed E-state index contributed by atoms with van der Waals surface area (Å²) in [5, 5.41) is 0. The Hall–Kier alpha value is -2.40. The molecule has 2 aromatic rings. The number of carbonyl (C=O) groups excluding carboxylic acids is 1. The van der Waals surface area contributed by atoms with Crippen LogP contribution in [-0.4, -0.2) is 41.1 Å². The largest absolute Gasteiger partial charge is 0.438 e. The Bertz CT molecular complexity index is 665.